The van der Waals surface area contributed by atoms with E-state index in [1.54, 1.807) is 32.2 Å². The maximum absolute atomic E-state index is 12.1. The molecule has 1 N–H and O–H groups in total. The van der Waals surface area contributed by atoms with E-state index in [4.69, 9.17) is 9.47 Å². The number of carbonyl (C=O) groups excluding carboxylic acids is 2. The number of methoxy groups -OCH3 is 1. The molecule has 1 aromatic rings. The summed E-state index contributed by atoms with van der Waals surface area (Å²) in [5, 5.41) is 2.57. The van der Waals surface area contributed by atoms with E-state index in [2.05, 4.69) is 5.32 Å². The van der Waals surface area contributed by atoms with Gasteiger partial charge in [-0.05, 0) is 44.0 Å². The lowest BCUT2D eigenvalue weighted by Gasteiger charge is -2.15. The van der Waals surface area contributed by atoms with Crippen LogP contribution in [0.3, 0.4) is 0 Å². The Morgan fingerprint density at radius 1 is 1.26 bits per heavy atom. The smallest absolute Gasteiger partial charge is 0.328 e. The molecule has 0 spiro atoms. The number of benzene rings is 1. The Bertz CT molecular complexity index is 639. The van der Waals surface area contributed by atoms with Gasteiger partial charge in [0.05, 0.1) is 13.2 Å². The molecular formula is C17H22N2O4. The number of carbonyl (C=O) groups is 2. The number of ether oxygens (including phenoxy) is 2. The van der Waals surface area contributed by atoms with Gasteiger partial charge >= 0.3 is 6.03 Å². The summed E-state index contributed by atoms with van der Waals surface area (Å²) < 4.78 is 11.1. The van der Waals surface area contributed by atoms with Crippen molar-refractivity contribution in [3.63, 3.8) is 0 Å². The second-order valence-electron chi connectivity index (χ2n) is 5.28. The predicted molar refractivity (Wildman–Crippen MR) is 87.3 cm³/mol. The van der Waals surface area contributed by atoms with E-state index in [9.17, 15) is 9.59 Å². The molecule has 2 rings (SSSR count). The van der Waals surface area contributed by atoms with Gasteiger partial charge in [0, 0.05) is 6.54 Å². The standard InChI is InChI=1S/C17H22N2O4/c1-5-11(3)23-14-8-7-12(10-15(14)22-4)9-13-16(20)19(6-2)17(21)18-13/h7-11H,5-6H2,1-4H3,(H,18,21)/b13-9+/t11-/m1/s1. The summed E-state index contributed by atoms with van der Waals surface area (Å²) in [7, 11) is 1.57. The third-order valence-corrected chi connectivity index (χ3v) is 3.68. The Hall–Kier alpha value is -2.50. The minimum atomic E-state index is -0.396. The number of amides is 3. The van der Waals surface area contributed by atoms with Crippen LogP contribution in [0, 0.1) is 0 Å². The van der Waals surface area contributed by atoms with E-state index in [-0.39, 0.29) is 17.7 Å². The van der Waals surface area contributed by atoms with Crippen molar-refractivity contribution in [1.82, 2.24) is 10.2 Å². The van der Waals surface area contributed by atoms with E-state index in [1.807, 2.05) is 19.9 Å². The Kier molecular flexibility index (Phi) is 5.26. The summed E-state index contributed by atoms with van der Waals surface area (Å²) in [4.78, 5) is 24.9. The molecule has 6 heteroatoms. The molecule has 0 aromatic heterocycles. The van der Waals surface area contributed by atoms with Gasteiger partial charge in [0.25, 0.3) is 5.91 Å². The van der Waals surface area contributed by atoms with Crippen molar-refractivity contribution < 1.29 is 19.1 Å². The summed E-state index contributed by atoms with van der Waals surface area (Å²) in [5.74, 6) is 0.918. The van der Waals surface area contributed by atoms with E-state index in [0.29, 0.717) is 18.0 Å². The SMILES string of the molecule is CC[C@@H](C)Oc1ccc(/C=C2/NC(=O)N(CC)C2=O)cc1OC. The van der Waals surface area contributed by atoms with E-state index in [1.165, 1.54) is 0 Å². The third kappa shape index (κ3) is 3.64. The first-order chi connectivity index (χ1) is 11.0. The largest absolute Gasteiger partial charge is 0.493 e. The quantitative estimate of drug-likeness (QED) is 0.647. The second kappa shape index (κ2) is 7.17. The van der Waals surface area contributed by atoms with Crippen LogP contribution in [0.1, 0.15) is 32.8 Å². The average Bonchev–Trinajstić information content (AvgIpc) is 2.81. The van der Waals surface area contributed by atoms with Gasteiger partial charge in [-0.15, -0.1) is 0 Å². The van der Waals surface area contributed by atoms with E-state index >= 15 is 0 Å². The van der Waals surface area contributed by atoms with Crippen LogP contribution in [0.25, 0.3) is 6.08 Å². The number of hydrogen-bond acceptors (Lipinski definition) is 4. The van der Waals surface area contributed by atoms with Crippen LogP contribution in [0.5, 0.6) is 11.5 Å². The molecule has 3 amide bonds. The van der Waals surface area contributed by atoms with Gasteiger partial charge in [-0.3, -0.25) is 9.69 Å². The maximum Gasteiger partial charge on any atom is 0.328 e. The molecular weight excluding hydrogens is 296 g/mol. The predicted octanol–water partition coefficient (Wildman–Crippen LogP) is 2.79. The van der Waals surface area contributed by atoms with Crippen molar-refractivity contribution >= 4 is 18.0 Å². The Morgan fingerprint density at radius 2 is 2.00 bits per heavy atom. The lowest BCUT2D eigenvalue weighted by atomic mass is 10.1. The van der Waals surface area contributed by atoms with Crippen LogP contribution in [-0.4, -0.2) is 36.6 Å². The van der Waals surface area contributed by atoms with Crippen molar-refractivity contribution in [3.05, 3.63) is 29.5 Å². The summed E-state index contributed by atoms with van der Waals surface area (Å²) in [6.45, 7) is 6.13. The molecule has 0 unspecified atom stereocenters. The third-order valence-electron chi connectivity index (χ3n) is 3.68. The zero-order chi connectivity index (χ0) is 17.0. The van der Waals surface area contributed by atoms with Gasteiger partial charge in [0.15, 0.2) is 11.5 Å². The van der Waals surface area contributed by atoms with Crippen molar-refractivity contribution in [2.75, 3.05) is 13.7 Å². The first-order valence-electron chi connectivity index (χ1n) is 7.69. The molecule has 1 fully saturated rings. The number of rotatable bonds is 6. The van der Waals surface area contributed by atoms with E-state index in [0.717, 1.165) is 16.9 Å². The molecule has 124 valence electrons. The molecule has 0 bridgehead atoms. The van der Waals surface area contributed by atoms with Crippen LogP contribution in [0.15, 0.2) is 23.9 Å². The highest BCUT2D eigenvalue weighted by molar-refractivity contribution is 6.13. The molecule has 23 heavy (non-hydrogen) atoms. The number of likely N-dealkylation sites (N-methyl/N-ethyl adjacent to an activating group) is 1. The number of nitrogens with one attached hydrogen (secondary N) is 1. The zero-order valence-corrected chi connectivity index (χ0v) is 13.9. The zero-order valence-electron chi connectivity index (χ0n) is 13.9. The summed E-state index contributed by atoms with van der Waals surface area (Å²) in [6, 6.07) is 5.00. The average molecular weight is 318 g/mol. The lowest BCUT2D eigenvalue weighted by Crippen LogP contribution is -2.30. The molecule has 1 aliphatic heterocycles. The van der Waals surface area contributed by atoms with Gasteiger partial charge in [-0.1, -0.05) is 13.0 Å². The Morgan fingerprint density at radius 3 is 2.57 bits per heavy atom. The van der Waals surface area contributed by atoms with Gasteiger partial charge < -0.3 is 14.8 Å². The molecule has 0 aliphatic carbocycles. The van der Waals surface area contributed by atoms with Crippen LogP contribution in [-0.2, 0) is 4.79 Å². The van der Waals surface area contributed by atoms with Crippen molar-refractivity contribution in [1.29, 1.82) is 0 Å². The number of imide groups is 1. The van der Waals surface area contributed by atoms with Crippen LogP contribution < -0.4 is 14.8 Å². The first kappa shape index (κ1) is 16.9. The fourth-order valence-electron chi connectivity index (χ4n) is 2.20. The molecule has 0 radical (unpaired) electrons. The molecule has 1 aliphatic rings. The van der Waals surface area contributed by atoms with Gasteiger partial charge in [-0.2, -0.15) is 0 Å². The van der Waals surface area contributed by atoms with Gasteiger partial charge in [0.2, 0.25) is 0 Å². The minimum Gasteiger partial charge on any atom is -0.493 e. The van der Waals surface area contributed by atoms with E-state index < -0.39 is 6.03 Å². The molecule has 0 saturated carbocycles. The lowest BCUT2D eigenvalue weighted by molar-refractivity contribution is -0.122. The summed E-state index contributed by atoms with van der Waals surface area (Å²) in [5.41, 5.74) is 1.01. The highest BCUT2D eigenvalue weighted by Gasteiger charge is 2.31. The first-order valence-corrected chi connectivity index (χ1v) is 7.69. The van der Waals surface area contributed by atoms with Gasteiger partial charge in [-0.25, -0.2) is 4.79 Å². The summed E-state index contributed by atoms with van der Waals surface area (Å²) >= 11 is 0. The Balaban J connectivity index is 2.26. The topological polar surface area (TPSA) is 67.9 Å². The number of hydrogen-bond donors (Lipinski definition) is 1. The molecule has 6 nitrogen and oxygen atoms in total. The maximum atomic E-state index is 12.1. The highest BCUT2D eigenvalue weighted by atomic mass is 16.5. The van der Waals surface area contributed by atoms with Crippen LogP contribution >= 0.6 is 0 Å². The Labute approximate surface area is 136 Å². The highest BCUT2D eigenvalue weighted by Crippen LogP contribution is 2.30. The van der Waals surface area contributed by atoms with Crippen LogP contribution in [0.4, 0.5) is 4.79 Å². The second-order valence-corrected chi connectivity index (χ2v) is 5.28. The van der Waals surface area contributed by atoms with Crippen molar-refractivity contribution in [3.8, 4) is 11.5 Å². The van der Waals surface area contributed by atoms with Crippen molar-refractivity contribution in [2.24, 2.45) is 0 Å². The molecule has 1 saturated heterocycles. The number of urea groups is 1. The minimum absolute atomic E-state index is 0.0851. The fraction of sp³-hybridized carbons (Fsp3) is 0.412. The van der Waals surface area contributed by atoms with Gasteiger partial charge in [0.1, 0.15) is 5.70 Å². The fourth-order valence-corrected chi connectivity index (χ4v) is 2.20. The monoisotopic (exact) mass is 318 g/mol. The molecule has 1 aromatic carbocycles. The summed E-state index contributed by atoms with van der Waals surface area (Å²) in [6.07, 6.45) is 2.61. The van der Waals surface area contributed by atoms with Crippen LogP contribution in [0.2, 0.25) is 0 Å². The van der Waals surface area contributed by atoms with Crippen molar-refractivity contribution in [2.45, 2.75) is 33.3 Å². The number of nitrogens with zero attached hydrogens (tertiary/aromatic N) is 1. The molecule has 1 atom stereocenters. The molecule has 1 heterocycles. The normalized spacial score (nSPS) is 17.4.